The normalized spacial score (nSPS) is 13.3. The Morgan fingerprint density at radius 1 is 0.970 bits per heavy atom. The van der Waals surface area contributed by atoms with Crippen LogP contribution in [0.2, 0.25) is 0 Å². The highest BCUT2D eigenvalue weighted by Crippen LogP contribution is 2.32. The van der Waals surface area contributed by atoms with Crippen LogP contribution in [0.15, 0.2) is 64.2 Å². The molecule has 0 saturated carbocycles. The lowest BCUT2D eigenvalue weighted by atomic mass is 10.2. The average molecular weight is 446 g/mol. The predicted octanol–water partition coefficient (Wildman–Crippen LogP) is 4.03. The van der Waals surface area contributed by atoms with Crippen molar-refractivity contribution in [2.24, 2.45) is 7.05 Å². The molecule has 2 aromatic heterocycles. The molecule has 2 aromatic carbocycles. The molecule has 3 heterocycles. The molecular formula is C25H27N5O3. The van der Waals surface area contributed by atoms with E-state index in [0.717, 1.165) is 43.0 Å². The molecule has 0 spiro atoms. The van der Waals surface area contributed by atoms with Crippen LogP contribution in [0.25, 0.3) is 11.2 Å². The highest BCUT2D eigenvalue weighted by molar-refractivity contribution is 5.77. The molecule has 0 atom stereocenters. The van der Waals surface area contributed by atoms with Gasteiger partial charge in [0, 0.05) is 32.4 Å². The molecule has 0 bridgehead atoms. The van der Waals surface area contributed by atoms with Crippen molar-refractivity contribution in [2.45, 2.75) is 39.3 Å². The van der Waals surface area contributed by atoms with Gasteiger partial charge >= 0.3 is 5.69 Å². The summed E-state index contributed by atoms with van der Waals surface area (Å²) in [6.07, 6.45) is 2.57. The minimum atomic E-state index is -0.314. The summed E-state index contributed by atoms with van der Waals surface area (Å²) in [6.45, 7) is 3.94. The number of imidazole rings is 1. The van der Waals surface area contributed by atoms with Crippen LogP contribution in [0.3, 0.4) is 0 Å². The van der Waals surface area contributed by atoms with Gasteiger partial charge < -0.3 is 14.2 Å². The Morgan fingerprint density at radius 2 is 1.70 bits per heavy atom. The van der Waals surface area contributed by atoms with Crippen molar-refractivity contribution in [1.29, 1.82) is 0 Å². The maximum atomic E-state index is 13.3. The number of hydrogen-bond acceptors (Lipinski definition) is 5. The maximum Gasteiger partial charge on any atom is 0.332 e. The van der Waals surface area contributed by atoms with E-state index < -0.39 is 0 Å². The van der Waals surface area contributed by atoms with Gasteiger partial charge in [0.15, 0.2) is 11.2 Å². The van der Waals surface area contributed by atoms with Crippen LogP contribution in [-0.4, -0.2) is 25.2 Å². The average Bonchev–Trinajstić information content (AvgIpc) is 3.24. The lowest BCUT2D eigenvalue weighted by Crippen LogP contribution is -2.40. The van der Waals surface area contributed by atoms with Gasteiger partial charge in [-0.3, -0.25) is 13.9 Å². The molecule has 170 valence electrons. The minimum absolute atomic E-state index is 0.256. The van der Waals surface area contributed by atoms with E-state index in [0.29, 0.717) is 30.2 Å². The van der Waals surface area contributed by atoms with E-state index in [1.165, 1.54) is 9.13 Å². The number of rotatable bonds is 6. The number of para-hydroxylation sites is 1. The van der Waals surface area contributed by atoms with E-state index in [1.807, 2.05) is 66.1 Å². The van der Waals surface area contributed by atoms with Gasteiger partial charge in [-0.1, -0.05) is 31.5 Å². The second kappa shape index (κ2) is 8.61. The van der Waals surface area contributed by atoms with Crippen molar-refractivity contribution in [3.63, 3.8) is 0 Å². The molecule has 1 aliphatic rings. The van der Waals surface area contributed by atoms with E-state index in [1.54, 1.807) is 7.05 Å². The first-order valence-corrected chi connectivity index (χ1v) is 11.4. The summed E-state index contributed by atoms with van der Waals surface area (Å²) in [5.74, 6) is 2.22. The Balaban J connectivity index is 1.53. The van der Waals surface area contributed by atoms with E-state index in [2.05, 4.69) is 4.90 Å². The summed E-state index contributed by atoms with van der Waals surface area (Å²) >= 11 is 0. The fourth-order valence-corrected chi connectivity index (χ4v) is 4.34. The zero-order valence-corrected chi connectivity index (χ0v) is 18.9. The van der Waals surface area contributed by atoms with Crippen LogP contribution < -0.4 is 20.9 Å². The molecule has 4 aromatic rings. The molecule has 0 N–H and O–H groups in total. The lowest BCUT2D eigenvalue weighted by molar-refractivity contribution is 0.482. The molecule has 0 unspecified atom stereocenters. The minimum Gasteiger partial charge on any atom is -0.457 e. The SMILES string of the molecule is CCCCn1c(=O)c2c(nc3n2CCCN3c2ccc(Oc3ccccc3)cc2)n(C)c1=O. The predicted molar refractivity (Wildman–Crippen MR) is 129 cm³/mol. The second-order valence-corrected chi connectivity index (χ2v) is 8.30. The van der Waals surface area contributed by atoms with E-state index in [4.69, 9.17) is 9.72 Å². The fourth-order valence-electron chi connectivity index (χ4n) is 4.34. The molecule has 33 heavy (non-hydrogen) atoms. The van der Waals surface area contributed by atoms with Crippen LogP contribution in [0.4, 0.5) is 11.6 Å². The van der Waals surface area contributed by atoms with E-state index in [-0.39, 0.29) is 11.2 Å². The van der Waals surface area contributed by atoms with Gasteiger partial charge in [-0.25, -0.2) is 4.79 Å². The van der Waals surface area contributed by atoms with Crippen molar-refractivity contribution < 1.29 is 4.74 Å². The van der Waals surface area contributed by atoms with Crippen molar-refractivity contribution in [2.75, 3.05) is 11.4 Å². The number of benzene rings is 2. The number of unbranched alkanes of at least 4 members (excludes halogenated alkanes) is 1. The third kappa shape index (κ3) is 3.71. The number of anilines is 2. The number of aromatic nitrogens is 4. The number of nitrogens with zero attached hydrogens (tertiary/aromatic N) is 5. The molecule has 0 radical (unpaired) electrons. The van der Waals surface area contributed by atoms with Gasteiger partial charge in [0.2, 0.25) is 5.95 Å². The lowest BCUT2D eigenvalue weighted by Gasteiger charge is -2.29. The Bertz CT molecular complexity index is 1400. The zero-order valence-electron chi connectivity index (χ0n) is 18.9. The summed E-state index contributed by atoms with van der Waals surface area (Å²) in [5.41, 5.74) is 1.32. The van der Waals surface area contributed by atoms with Crippen LogP contribution >= 0.6 is 0 Å². The Kier molecular flexibility index (Phi) is 5.50. The molecular weight excluding hydrogens is 418 g/mol. The summed E-state index contributed by atoms with van der Waals surface area (Å²) < 4.78 is 10.7. The van der Waals surface area contributed by atoms with Gasteiger partial charge in [-0.05, 0) is 49.2 Å². The Hall–Kier alpha value is -3.81. The maximum absolute atomic E-state index is 13.3. The van der Waals surface area contributed by atoms with Crippen molar-refractivity contribution in [3.8, 4) is 11.5 Å². The summed E-state index contributed by atoms with van der Waals surface area (Å²) in [4.78, 5) is 32.9. The molecule has 8 heteroatoms. The van der Waals surface area contributed by atoms with E-state index >= 15 is 0 Å². The van der Waals surface area contributed by atoms with E-state index in [9.17, 15) is 9.59 Å². The zero-order chi connectivity index (χ0) is 22.9. The first kappa shape index (κ1) is 21.1. The molecule has 0 fully saturated rings. The number of ether oxygens (including phenoxy) is 1. The monoisotopic (exact) mass is 445 g/mol. The van der Waals surface area contributed by atoms with Crippen molar-refractivity contribution >= 4 is 22.8 Å². The van der Waals surface area contributed by atoms with Crippen molar-refractivity contribution in [3.05, 3.63) is 75.4 Å². The number of aryl methyl sites for hydroxylation is 2. The summed E-state index contributed by atoms with van der Waals surface area (Å²) in [5, 5.41) is 0. The van der Waals surface area contributed by atoms with Crippen LogP contribution in [0.5, 0.6) is 11.5 Å². The van der Waals surface area contributed by atoms with Crippen LogP contribution in [0.1, 0.15) is 26.2 Å². The molecule has 0 saturated heterocycles. The number of fused-ring (bicyclic) bond motifs is 3. The molecule has 0 aliphatic carbocycles. The fraction of sp³-hybridized carbons (Fsp3) is 0.320. The van der Waals surface area contributed by atoms with Gasteiger partial charge in [0.05, 0.1) is 0 Å². The summed E-state index contributed by atoms with van der Waals surface area (Å²) in [6, 6.07) is 17.5. The van der Waals surface area contributed by atoms with Gasteiger partial charge in [0.25, 0.3) is 5.56 Å². The van der Waals surface area contributed by atoms with Crippen LogP contribution in [0, 0.1) is 0 Å². The topological polar surface area (TPSA) is 74.3 Å². The largest absolute Gasteiger partial charge is 0.457 e. The number of hydrogen-bond donors (Lipinski definition) is 0. The molecule has 8 nitrogen and oxygen atoms in total. The molecule has 0 amide bonds. The first-order chi connectivity index (χ1) is 16.1. The first-order valence-electron chi connectivity index (χ1n) is 11.4. The third-order valence-electron chi connectivity index (χ3n) is 6.08. The van der Waals surface area contributed by atoms with Gasteiger partial charge in [-0.2, -0.15) is 4.98 Å². The third-order valence-corrected chi connectivity index (χ3v) is 6.08. The second-order valence-electron chi connectivity index (χ2n) is 8.30. The van der Waals surface area contributed by atoms with Gasteiger partial charge in [-0.15, -0.1) is 0 Å². The van der Waals surface area contributed by atoms with Gasteiger partial charge in [0.1, 0.15) is 11.5 Å². The highest BCUT2D eigenvalue weighted by atomic mass is 16.5. The van der Waals surface area contributed by atoms with Crippen molar-refractivity contribution in [1.82, 2.24) is 18.7 Å². The summed E-state index contributed by atoms with van der Waals surface area (Å²) in [7, 11) is 1.69. The van der Waals surface area contributed by atoms with Crippen LogP contribution in [-0.2, 0) is 20.1 Å². The smallest absolute Gasteiger partial charge is 0.332 e. The Labute approximate surface area is 191 Å². The highest BCUT2D eigenvalue weighted by Gasteiger charge is 2.26. The standard InChI is InChI=1S/C25H27N5O3/c1-3-4-15-30-23(31)21-22(27(2)25(30)32)26-24-28(16-8-17-29(21)24)18-11-13-20(14-12-18)33-19-9-6-5-7-10-19/h5-7,9-14H,3-4,8,15-17H2,1-2H3. The molecule has 1 aliphatic heterocycles. The molecule has 5 rings (SSSR count). The quantitative estimate of drug-likeness (QED) is 0.448. The Morgan fingerprint density at radius 3 is 2.42 bits per heavy atom.